The van der Waals surface area contributed by atoms with E-state index in [2.05, 4.69) is 21.2 Å². The number of piperazine rings is 1. The van der Waals surface area contributed by atoms with E-state index in [4.69, 9.17) is 19.4 Å². The molecule has 6 rings (SSSR count). The molecular formula is C32H41FN6O3. The maximum atomic E-state index is 14.0. The third-order valence-electron chi connectivity index (χ3n) is 8.46. The van der Waals surface area contributed by atoms with Gasteiger partial charge in [-0.3, -0.25) is 9.69 Å². The smallest absolute Gasteiger partial charge is 0.318 e. The van der Waals surface area contributed by atoms with Gasteiger partial charge >= 0.3 is 12.0 Å². The van der Waals surface area contributed by atoms with E-state index >= 15 is 0 Å². The first-order chi connectivity index (χ1) is 20.2. The first-order valence-electron chi connectivity index (χ1n) is 15.0. The molecule has 1 aromatic heterocycles. The van der Waals surface area contributed by atoms with Gasteiger partial charge in [0.15, 0.2) is 0 Å². The number of benzene rings is 2. The number of ether oxygens (including phenoxy) is 2. The van der Waals surface area contributed by atoms with Gasteiger partial charge in [0.2, 0.25) is 0 Å². The summed E-state index contributed by atoms with van der Waals surface area (Å²) in [5.74, 6) is 1.21. The lowest BCUT2D eigenvalue weighted by Gasteiger charge is -2.35. The highest BCUT2D eigenvalue weighted by atomic mass is 19.1. The van der Waals surface area contributed by atoms with Crippen LogP contribution in [0.15, 0.2) is 36.4 Å². The number of likely N-dealkylation sites (tertiary alicyclic amines) is 1. The van der Waals surface area contributed by atoms with Gasteiger partial charge in [0, 0.05) is 68.0 Å². The van der Waals surface area contributed by atoms with Crippen LogP contribution in [0.3, 0.4) is 0 Å². The molecule has 1 N–H and O–H groups in total. The number of halogens is 1. The Morgan fingerprint density at radius 2 is 1.88 bits per heavy atom. The summed E-state index contributed by atoms with van der Waals surface area (Å²) < 4.78 is 26.0. The van der Waals surface area contributed by atoms with Crippen molar-refractivity contribution < 1.29 is 18.7 Å². The first kappa shape index (κ1) is 28.6. The Balaban J connectivity index is 1.33. The number of esters is 1. The molecular weight excluding hydrogens is 535 g/mol. The molecule has 4 heterocycles. The lowest BCUT2D eigenvalue weighted by molar-refractivity contribution is -0.142. The zero-order valence-corrected chi connectivity index (χ0v) is 25.0. The summed E-state index contributed by atoms with van der Waals surface area (Å²) in [5, 5.41) is 5.53. The van der Waals surface area contributed by atoms with Crippen LogP contribution in [0.4, 0.5) is 15.9 Å². The molecule has 2 atom stereocenters. The van der Waals surface area contributed by atoms with Crippen LogP contribution in [0.1, 0.15) is 38.4 Å². The largest absolute Gasteiger partial charge is 0.462 e. The van der Waals surface area contributed by atoms with Gasteiger partial charge in [-0.05, 0) is 52.1 Å². The van der Waals surface area contributed by atoms with Crippen molar-refractivity contribution in [3.8, 4) is 11.8 Å². The molecule has 0 bridgehead atoms. The Bertz CT molecular complexity index is 1450. The number of rotatable bonds is 6. The molecule has 2 fully saturated rings. The fraction of sp³-hybridized carbons (Fsp3) is 0.531. The number of nitrogens with zero attached hydrogens (tertiary/aromatic N) is 5. The monoisotopic (exact) mass is 576 g/mol. The molecule has 224 valence electrons. The van der Waals surface area contributed by atoms with Crippen LogP contribution < -0.4 is 24.6 Å². The molecule has 3 aromatic rings. The van der Waals surface area contributed by atoms with Crippen LogP contribution in [0.5, 0.6) is 11.8 Å². The van der Waals surface area contributed by atoms with Gasteiger partial charge in [-0.1, -0.05) is 24.3 Å². The van der Waals surface area contributed by atoms with Crippen LogP contribution in [0, 0.1) is 5.41 Å². The second-order valence-corrected chi connectivity index (χ2v) is 12.7. The van der Waals surface area contributed by atoms with Crippen molar-refractivity contribution in [1.82, 2.24) is 20.2 Å². The third-order valence-corrected chi connectivity index (χ3v) is 8.46. The van der Waals surface area contributed by atoms with Gasteiger partial charge in [0.1, 0.15) is 24.3 Å². The standard InChI is InChI=1S/C32H41FN6O3/c1-32(2,3)30(40)42-24-15-21-7-5-6-8-25(21)28(17-24)39-12-9-26-27(19-39)35-31(36-29(26)38-13-10-34-11-14-38)41-20-23-16-22(33)18-37(23)4/h5-8,15,17,22-23,34H,9-14,16,18-20H2,1-4H3/t22-,23+/m1/s1. The highest BCUT2D eigenvalue weighted by Gasteiger charge is 2.32. The van der Waals surface area contributed by atoms with Crippen LogP contribution in [0.25, 0.3) is 10.8 Å². The Morgan fingerprint density at radius 1 is 1.10 bits per heavy atom. The topological polar surface area (TPSA) is 83.1 Å². The van der Waals surface area contributed by atoms with Gasteiger partial charge in [0.05, 0.1) is 17.7 Å². The van der Waals surface area contributed by atoms with Crippen molar-refractivity contribution in [3.63, 3.8) is 0 Å². The first-order valence-corrected chi connectivity index (χ1v) is 15.0. The van der Waals surface area contributed by atoms with E-state index in [0.29, 0.717) is 37.9 Å². The number of fused-ring (bicyclic) bond motifs is 2. The Morgan fingerprint density at radius 3 is 2.62 bits per heavy atom. The highest BCUT2D eigenvalue weighted by molar-refractivity contribution is 5.96. The number of anilines is 2. The van der Waals surface area contributed by atoms with E-state index in [1.807, 2.05) is 63.1 Å². The SMILES string of the molecule is CN1C[C@H](F)C[C@H]1COc1nc2c(c(N3CCNCC3)n1)CCN(c1cc(OC(=O)C(C)(C)C)cc3ccccc13)C2. The second-order valence-electron chi connectivity index (χ2n) is 12.7. The number of nitrogens with one attached hydrogen (secondary N) is 1. The van der Waals surface area contributed by atoms with E-state index in [-0.39, 0.29) is 12.0 Å². The number of carbonyl (C=O) groups is 1. The van der Waals surface area contributed by atoms with E-state index in [9.17, 15) is 9.18 Å². The predicted molar refractivity (Wildman–Crippen MR) is 162 cm³/mol. The van der Waals surface area contributed by atoms with Gasteiger partial charge in [-0.25, -0.2) is 4.39 Å². The summed E-state index contributed by atoms with van der Waals surface area (Å²) >= 11 is 0. The van der Waals surface area contributed by atoms with Gasteiger partial charge < -0.3 is 24.6 Å². The van der Waals surface area contributed by atoms with E-state index < -0.39 is 11.6 Å². The van der Waals surface area contributed by atoms with Gasteiger partial charge in [-0.15, -0.1) is 0 Å². The van der Waals surface area contributed by atoms with Crippen molar-refractivity contribution in [1.29, 1.82) is 0 Å². The molecule has 2 aromatic carbocycles. The van der Waals surface area contributed by atoms with Crippen molar-refractivity contribution in [2.24, 2.45) is 5.41 Å². The minimum Gasteiger partial charge on any atom is -0.462 e. The lowest BCUT2D eigenvalue weighted by Crippen LogP contribution is -2.45. The average molecular weight is 577 g/mol. The molecule has 9 nitrogen and oxygen atoms in total. The molecule has 3 aliphatic rings. The quantitative estimate of drug-likeness (QED) is 0.346. The Kier molecular flexibility index (Phi) is 7.93. The Hall–Kier alpha value is -3.50. The molecule has 42 heavy (non-hydrogen) atoms. The predicted octanol–water partition coefficient (Wildman–Crippen LogP) is 3.97. The summed E-state index contributed by atoms with van der Waals surface area (Å²) in [6, 6.07) is 12.4. The second kappa shape index (κ2) is 11.6. The normalized spacial score (nSPS) is 21.5. The molecule has 0 spiro atoms. The number of alkyl halides is 1. The third kappa shape index (κ3) is 6.01. The van der Waals surface area contributed by atoms with E-state index in [0.717, 1.165) is 72.7 Å². The fourth-order valence-electron chi connectivity index (χ4n) is 6.02. The van der Waals surface area contributed by atoms with Crippen molar-refractivity contribution in [2.75, 3.05) is 62.7 Å². The van der Waals surface area contributed by atoms with Gasteiger partial charge in [0.25, 0.3) is 0 Å². The molecule has 3 aliphatic heterocycles. The van der Waals surface area contributed by atoms with Crippen LogP contribution >= 0.6 is 0 Å². The minimum atomic E-state index is -0.828. The number of likely N-dealkylation sites (N-methyl/N-ethyl adjacent to an activating group) is 1. The number of hydrogen-bond donors (Lipinski definition) is 1. The van der Waals surface area contributed by atoms with Crippen molar-refractivity contribution in [3.05, 3.63) is 47.7 Å². The average Bonchev–Trinajstić information content (AvgIpc) is 3.31. The molecule has 0 unspecified atom stereocenters. The zero-order chi connectivity index (χ0) is 29.4. The molecule has 10 heteroatoms. The number of aromatic nitrogens is 2. The summed E-state index contributed by atoms with van der Waals surface area (Å²) in [6.45, 7) is 11.2. The van der Waals surface area contributed by atoms with Crippen LogP contribution in [-0.2, 0) is 17.8 Å². The van der Waals surface area contributed by atoms with Crippen molar-refractivity contribution in [2.45, 2.75) is 52.4 Å². The highest BCUT2D eigenvalue weighted by Crippen LogP contribution is 2.37. The summed E-state index contributed by atoms with van der Waals surface area (Å²) in [5.41, 5.74) is 2.48. The number of carbonyl (C=O) groups excluding carboxylic acids is 1. The van der Waals surface area contributed by atoms with Gasteiger partial charge in [-0.2, -0.15) is 9.97 Å². The lowest BCUT2D eigenvalue weighted by atomic mass is 9.97. The van der Waals surface area contributed by atoms with Crippen LogP contribution in [0.2, 0.25) is 0 Å². The summed E-state index contributed by atoms with van der Waals surface area (Å²) in [6.07, 6.45) is 0.416. The number of hydrogen-bond acceptors (Lipinski definition) is 9. The zero-order valence-electron chi connectivity index (χ0n) is 25.0. The van der Waals surface area contributed by atoms with E-state index in [1.165, 1.54) is 0 Å². The summed E-state index contributed by atoms with van der Waals surface area (Å²) in [4.78, 5) is 29.2. The van der Waals surface area contributed by atoms with E-state index in [1.54, 1.807) is 0 Å². The molecule has 2 saturated heterocycles. The maximum Gasteiger partial charge on any atom is 0.318 e. The molecule has 0 amide bonds. The fourth-order valence-corrected chi connectivity index (χ4v) is 6.02. The molecule has 0 aliphatic carbocycles. The van der Waals surface area contributed by atoms with Crippen molar-refractivity contribution >= 4 is 28.2 Å². The Labute approximate surface area is 247 Å². The minimum absolute atomic E-state index is 0.00341. The molecule has 0 radical (unpaired) electrons. The summed E-state index contributed by atoms with van der Waals surface area (Å²) in [7, 11) is 1.93. The maximum absolute atomic E-state index is 14.0. The van der Waals surface area contributed by atoms with Crippen LogP contribution in [-0.4, -0.2) is 86.0 Å². The molecule has 0 saturated carbocycles.